The highest BCUT2D eigenvalue weighted by Gasteiger charge is 2.22. The van der Waals surface area contributed by atoms with Crippen molar-refractivity contribution in [2.75, 3.05) is 16.8 Å². The molecule has 1 heterocycles. The average molecular weight is 333 g/mol. The van der Waals surface area contributed by atoms with Crippen molar-refractivity contribution in [3.63, 3.8) is 0 Å². The molecule has 0 atom stereocenters. The van der Waals surface area contributed by atoms with Crippen molar-refractivity contribution in [2.24, 2.45) is 0 Å². The second-order valence-corrected chi connectivity index (χ2v) is 5.71. The van der Waals surface area contributed by atoms with E-state index in [1.165, 1.54) is 12.1 Å². The summed E-state index contributed by atoms with van der Waals surface area (Å²) in [4.78, 5) is 25.7. The van der Waals surface area contributed by atoms with Gasteiger partial charge in [-0.05, 0) is 42.8 Å². The van der Waals surface area contributed by atoms with E-state index < -0.39 is 11.7 Å². The van der Waals surface area contributed by atoms with Crippen molar-refractivity contribution in [1.29, 1.82) is 0 Å². The van der Waals surface area contributed by atoms with E-state index in [1.54, 1.807) is 29.2 Å². The summed E-state index contributed by atoms with van der Waals surface area (Å²) in [6, 6.07) is 10.8. The molecular weight excluding hydrogens is 319 g/mol. The predicted molar refractivity (Wildman–Crippen MR) is 87.4 cm³/mol. The molecule has 1 saturated heterocycles. The lowest BCUT2D eigenvalue weighted by molar-refractivity contribution is -0.117. The van der Waals surface area contributed by atoms with Gasteiger partial charge in [0.15, 0.2) is 0 Å². The molecule has 0 saturated carbocycles. The Morgan fingerprint density at radius 3 is 2.74 bits per heavy atom. The maximum absolute atomic E-state index is 13.8. The molecule has 1 aliphatic heterocycles. The highest BCUT2D eigenvalue weighted by Crippen LogP contribution is 2.24. The summed E-state index contributed by atoms with van der Waals surface area (Å²) in [5.41, 5.74) is 1.09. The normalized spacial score (nSPS) is 14.2. The van der Waals surface area contributed by atoms with Crippen LogP contribution in [-0.4, -0.2) is 18.4 Å². The zero-order chi connectivity index (χ0) is 16.4. The van der Waals surface area contributed by atoms with Crippen LogP contribution in [0.15, 0.2) is 42.5 Å². The Morgan fingerprint density at radius 2 is 2.04 bits per heavy atom. The van der Waals surface area contributed by atoms with Gasteiger partial charge in [-0.1, -0.05) is 17.7 Å². The van der Waals surface area contributed by atoms with Gasteiger partial charge in [0, 0.05) is 29.2 Å². The number of benzene rings is 2. The first kappa shape index (κ1) is 15.5. The van der Waals surface area contributed by atoms with Crippen molar-refractivity contribution in [1.82, 2.24) is 0 Å². The van der Waals surface area contributed by atoms with E-state index in [-0.39, 0.29) is 16.6 Å². The van der Waals surface area contributed by atoms with E-state index in [0.29, 0.717) is 24.2 Å². The monoisotopic (exact) mass is 332 g/mol. The Hall–Kier alpha value is -2.40. The summed E-state index contributed by atoms with van der Waals surface area (Å²) in [5.74, 6) is -0.997. The van der Waals surface area contributed by atoms with Gasteiger partial charge in [-0.3, -0.25) is 9.59 Å². The zero-order valence-electron chi connectivity index (χ0n) is 12.2. The minimum absolute atomic E-state index is 0.0475. The summed E-state index contributed by atoms with van der Waals surface area (Å²) < 4.78 is 13.8. The Morgan fingerprint density at radius 1 is 1.22 bits per heavy atom. The number of halogens is 2. The van der Waals surface area contributed by atoms with Crippen LogP contribution in [0.25, 0.3) is 0 Å². The molecule has 1 fully saturated rings. The maximum Gasteiger partial charge on any atom is 0.255 e. The Kier molecular flexibility index (Phi) is 4.30. The van der Waals surface area contributed by atoms with Gasteiger partial charge in [0.25, 0.3) is 5.91 Å². The summed E-state index contributed by atoms with van der Waals surface area (Å²) >= 11 is 5.69. The zero-order valence-corrected chi connectivity index (χ0v) is 12.9. The molecule has 0 spiro atoms. The van der Waals surface area contributed by atoms with Crippen LogP contribution >= 0.6 is 11.6 Å². The number of nitrogens with zero attached hydrogens (tertiary/aromatic N) is 1. The molecular formula is C17H14ClFN2O2. The van der Waals surface area contributed by atoms with Crippen LogP contribution in [0.1, 0.15) is 23.2 Å². The Labute approximate surface area is 137 Å². The van der Waals surface area contributed by atoms with Crippen LogP contribution in [0.2, 0.25) is 5.02 Å². The minimum Gasteiger partial charge on any atom is -0.319 e. The number of carbonyl (C=O) groups is 2. The Balaban J connectivity index is 1.81. The fourth-order valence-corrected chi connectivity index (χ4v) is 2.68. The van der Waals surface area contributed by atoms with Crippen LogP contribution in [0, 0.1) is 5.82 Å². The fourth-order valence-electron chi connectivity index (χ4n) is 2.52. The van der Waals surface area contributed by atoms with Crippen molar-refractivity contribution in [3.8, 4) is 0 Å². The van der Waals surface area contributed by atoms with Crippen LogP contribution in [0.4, 0.5) is 15.8 Å². The molecule has 2 amide bonds. The van der Waals surface area contributed by atoms with E-state index in [2.05, 4.69) is 5.32 Å². The van der Waals surface area contributed by atoms with Crippen LogP contribution in [0.5, 0.6) is 0 Å². The van der Waals surface area contributed by atoms with Crippen LogP contribution < -0.4 is 10.2 Å². The number of hydrogen-bond donors (Lipinski definition) is 1. The number of carbonyl (C=O) groups excluding carboxylic acids is 2. The standard InChI is InChI=1S/C17H14ClFN2O2/c18-12-6-7-15(14(19)10-12)20-17(23)11-3-1-4-13(9-11)21-8-2-5-16(21)22/h1,3-4,6-7,9-10H,2,5,8H2,(H,20,23). The third-order valence-electron chi connectivity index (χ3n) is 3.67. The highest BCUT2D eigenvalue weighted by atomic mass is 35.5. The van der Waals surface area contributed by atoms with E-state index in [4.69, 9.17) is 11.6 Å². The molecule has 0 aliphatic carbocycles. The summed E-state index contributed by atoms with van der Waals surface area (Å²) in [6.45, 7) is 0.649. The lowest BCUT2D eigenvalue weighted by Crippen LogP contribution is -2.24. The van der Waals surface area contributed by atoms with Gasteiger partial charge < -0.3 is 10.2 Å². The van der Waals surface area contributed by atoms with Crippen LogP contribution in [0.3, 0.4) is 0 Å². The number of amides is 2. The van der Waals surface area contributed by atoms with Crippen molar-refractivity contribution < 1.29 is 14.0 Å². The lowest BCUT2D eigenvalue weighted by atomic mass is 10.1. The largest absolute Gasteiger partial charge is 0.319 e. The van der Waals surface area contributed by atoms with Crippen molar-refractivity contribution in [3.05, 3.63) is 58.9 Å². The van der Waals surface area contributed by atoms with E-state index in [9.17, 15) is 14.0 Å². The number of hydrogen-bond acceptors (Lipinski definition) is 2. The van der Waals surface area contributed by atoms with Gasteiger partial charge in [0.05, 0.1) is 5.69 Å². The van der Waals surface area contributed by atoms with Crippen molar-refractivity contribution >= 4 is 34.8 Å². The minimum atomic E-state index is -0.600. The van der Waals surface area contributed by atoms with E-state index in [1.807, 2.05) is 0 Å². The molecule has 4 nitrogen and oxygen atoms in total. The van der Waals surface area contributed by atoms with Crippen molar-refractivity contribution in [2.45, 2.75) is 12.8 Å². The first-order valence-electron chi connectivity index (χ1n) is 7.21. The predicted octanol–water partition coefficient (Wildman–Crippen LogP) is 3.86. The second-order valence-electron chi connectivity index (χ2n) is 5.28. The molecule has 2 aromatic rings. The van der Waals surface area contributed by atoms with Gasteiger partial charge in [0.2, 0.25) is 5.91 Å². The highest BCUT2D eigenvalue weighted by molar-refractivity contribution is 6.30. The molecule has 3 rings (SSSR count). The molecule has 0 bridgehead atoms. The molecule has 6 heteroatoms. The first-order chi connectivity index (χ1) is 11.0. The molecule has 1 aliphatic rings. The van der Waals surface area contributed by atoms with Gasteiger partial charge in [-0.2, -0.15) is 0 Å². The molecule has 23 heavy (non-hydrogen) atoms. The SMILES string of the molecule is O=C(Nc1ccc(Cl)cc1F)c1cccc(N2CCCC2=O)c1. The quantitative estimate of drug-likeness (QED) is 0.928. The first-order valence-corrected chi connectivity index (χ1v) is 7.59. The third-order valence-corrected chi connectivity index (χ3v) is 3.91. The smallest absolute Gasteiger partial charge is 0.255 e. The topological polar surface area (TPSA) is 49.4 Å². The number of nitrogens with one attached hydrogen (secondary N) is 1. The third kappa shape index (κ3) is 3.35. The number of rotatable bonds is 3. The molecule has 0 unspecified atom stereocenters. The molecule has 2 aromatic carbocycles. The van der Waals surface area contributed by atoms with E-state index >= 15 is 0 Å². The summed E-state index contributed by atoms with van der Waals surface area (Å²) in [5, 5.41) is 2.77. The molecule has 118 valence electrons. The summed E-state index contributed by atoms with van der Waals surface area (Å²) in [7, 11) is 0. The van der Waals surface area contributed by atoms with Gasteiger partial charge in [-0.25, -0.2) is 4.39 Å². The lowest BCUT2D eigenvalue weighted by Gasteiger charge is -2.16. The fraction of sp³-hybridized carbons (Fsp3) is 0.176. The van der Waals surface area contributed by atoms with Gasteiger partial charge in [-0.15, -0.1) is 0 Å². The molecule has 1 N–H and O–H groups in total. The average Bonchev–Trinajstić information content (AvgIpc) is 2.96. The second kappa shape index (κ2) is 6.38. The summed E-state index contributed by atoms with van der Waals surface area (Å²) in [6.07, 6.45) is 1.33. The maximum atomic E-state index is 13.8. The number of anilines is 2. The van der Waals surface area contributed by atoms with E-state index in [0.717, 1.165) is 12.5 Å². The van der Waals surface area contributed by atoms with Gasteiger partial charge >= 0.3 is 0 Å². The molecule has 0 radical (unpaired) electrons. The Bertz CT molecular complexity index is 779. The van der Waals surface area contributed by atoms with Gasteiger partial charge in [0.1, 0.15) is 5.82 Å². The molecule has 0 aromatic heterocycles. The van der Waals surface area contributed by atoms with Crippen LogP contribution in [-0.2, 0) is 4.79 Å².